The first-order chi connectivity index (χ1) is 3.79. The summed E-state index contributed by atoms with van der Waals surface area (Å²) in [6, 6.07) is 0. The van der Waals surface area contributed by atoms with Gasteiger partial charge in [-0.3, -0.25) is 0 Å². The number of nitrogens with zero attached hydrogens (tertiary/aromatic N) is 2. The van der Waals surface area contributed by atoms with E-state index in [2.05, 4.69) is 9.97 Å². The number of aromatic nitrogens is 2. The molecule has 0 fully saturated rings. The van der Waals surface area contributed by atoms with Crippen molar-refractivity contribution in [3.05, 3.63) is 18.2 Å². The zero-order chi connectivity index (χ0) is 5.98. The Kier molecular flexibility index (Phi) is 1.83. The van der Waals surface area contributed by atoms with Crippen molar-refractivity contribution in [1.82, 2.24) is 9.97 Å². The summed E-state index contributed by atoms with van der Waals surface area (Å²) in [5.41, 5.74) is 0. The fraction of sp³-hybridized carbons (Fsp3) is 0.200. The van der Waals surface area contributed by atoms with E-state index in [1.165, 1.54) is 3.58 Å². The van der Waals surface area contributed by atoms with Gasteiger partial charge in [0.25, 0.3) is 0 Å². The van der Waals surface area contributed by atoms with Gasteiger partial charge >= 0.3 is 61.2 Å². The van der Waals surface area contributed by atoms with E-state index >= 15 is 0 Å². The van der Waals surface area contributed by atoms with Gasteiger partial charge in [0.05, 0.1) is 0 Å². The Bertz CT molecular complexity index is 149. The maximum atomic E-state index is 4.00. The third-order valence-electron chi connectivity index (χ3n) is 0.801. The molecule has 0 bridgehead atoms. The molecular formula is C5H6N2Sn. The van der Waals surface area contributed by atoms with E-state index in [1.807, 2.05) is 19.3 Å². The van der Waals surface area contributed by atoms with Crippen LogP contribution >= 0.6 is 0 Å². The molecule has 8 heavy (non-hydrogen) atoms. The molecule has 1 aromatic rings. The van der Waals surface area contributed by atoms with Crippen LogP contribution in [0.15, 0.2) is 12.4 Å². The summed E-state index contributed by atoms with van der Waals surface area (Å²) in [5.74, 6) is 0.850. The first-order valence-corrected chi connectivity index (χ1v) is 3.98. The molecule has 0 N–H and O–H groups in total. The van der Waals surface area contributed by atoms with E-state index in [0.29, 0.717) is 0 Å². The SMILES string of the molecule is Cc1nc[c]([SnH])cn1. The summed E-state index contributed by atoms with van der Waals surface area (Å²) in [7, 11) is 0. The molecule has 0 aliphatic carbocycles. The molecule has 0 aromatic carbocycles. The zero-order valence-corrected chi connectivity index (χ0v) is 7.92. The molecule has 0 aliphatic rings. The molecular weight excluding hydrogens is 207 g/mol. The molecule has 0 aliphatic heterocycles. The van der Waals surface area contributed by atoms with E-state index in [1.54, 1.807) is 0 Å². The maximum absolute atomic E-state index is 4.00. The van der Waals surface area contributed by atoms with Gasteiger partial charge in [0.1, 0.15) is 0 Å². The molecule has 1 rings (SSSR count). The topological polar surface area (TPSA) is 25.8 Å². The van der Waals surface area contributed by atoms with E-state index in [9.17, 15) is 0 Å². The van der Waals surface area contributed by atoms with Crippen molar-refractivity contribution in [2.75, 3.05) is 0 Å². The van der Waals surface area contributed by atoms with Crippen molar-refractivity contribution < 1.29 is 0 Å². The van der Waals surface area contributed by atoms with Gasteiger partial charge in [-0.05, 0) is 0 Å². The number of aryl methyl sites for hydroxylation is 1. The fourth-order valence-electron chi connectivity index (χ4n) is 0.403. The van der Waals surface area contributed by atoms with Gasteiger partial charge in [-0.25, -0.2) is 0 Å². The summed E-state index contributed by atoms with van der Waals surface area (Å²) in [6.45, 7) is 1.89. The summed E-state index contributed by atoms with van der Waals surface area (Å²) >= 11 is 1.11. The molecule has 2 radical (unpaired) electrons. The van der Waals surface area contributed by atoms with E-state index in [4.69, 9.17) is 0 Å². The van der Waals surface area contributed by atoms with Crippen molar-refractivity contribution in [1.29, 1.82) is 0 Å². The standard InChI is InChI=1S/C5H5N2.Sn.H/c1-5-6-3-2-4-7-5;;/h3-4H,1H3;;. The van der Waals surface area contributed by atoms with E-state index < -0.39 is 0 Å². The first kappa shape index (κ1) is 6.01. The van der Waals surface area contributed by atoms with Gasteiger partial charge in [0, 0.05) is 0 Å². The minimum absolute atomic E-state index is 0.850. The molecule has 0 saturated carbocycles. The van der Waals surface area contributed by atoms with Crippen molar-refractivity contribution in [3.63, 3.8) is 0 Å². The second-order valence-electron chi connectivity index (χ2n) is 1.56. The van der Waals surface area contributed by atoms with Crippen LogP contribution in [0, 0.1) is 6.92 Å². The predicted molar refractivity (Wildman–Crippen MR) is 33.6 cm³/mol. The Morgan fingerprint density at radius 1 is 1.38 bits per heavy atom. The molecule has 3 heteroatoms. The van der Waals surface area contributed by atoms with Crippen LogP contribution in [-0.2, 0) is 0 Å². The zero-order valence-electron chi connectivity index (χ0n) is 4.63. The van der Waals surface area contributed by atoms with Gasteiger partial charge in [0.15, 0.2) is 0 Å². The Hall–Kier alpha value is -0.121. The summed E-state index contributed by atoms with van der Waals surface area (Å²) < 4.78 is 1.24. The van der Waals surface area contributed by atoms with Crippen LogP contribution in [0.1, 0.15) is 5.82 Å². The molecule has 0 saturated heterocycles. The van der Waals surface area contributed by atoms with Gasteiger partial charge in [-0.15, -0.1) is 0 Å². The van der Waals surface area contributed by atoms with Gasteiger partial charge in [0.2, 0.25) is 0 Å². The van der Waals surface area contributed by atoms with E-state index in [-0.39, 0.29) is 0 Å². The Morgan fingerprint density at radius 2 is 1.88 bits per heavy atom. The van der Waals surface area contributed by atoms with Crippen LogP contribution in [0.25, 0.3) is 0 Å². The molecule has 0 unspecified atom stereocenters. The third-order valence-corrected chi connectivity index (χ3v) is 1.65. The van der Waals surface area contributed by atoms with Crippen molar-refractivity contribution in [2.24, 2.45) is 0 Å². The normalized spacial score (nSPS) is 9.25. The summed E-state index contributed by atoms with van der Waals surface area (Å²) in [5, 5.41) is 0. The minimum atomic E-state index is 0.850. The van der Waals surface area contributed by atoms with Crippen LogP contribution in [0.3, 0.4) is 0 Å². The Balaban J connectivity index is 3.03. The second-order valence-corrected chi connectivity index (χ2v) is 3.47. The molecule has 0 amide bonds. The van der Waals surface area contributed by atoms with Gasteiger partial charge in [-0.2, -0.15) is 0 Å². The summed E-state index contributed by atoms with van der Waals surface area (Å²) in [4.78, 5) is 8.00. The molecule has 2 nitrogen and oxygen atoms in total. The number of rotatable bonds is 0. The monoisotopic (exact) mass is 214 g/mol. The molecule has 40 valence electrons. The quantitative estimate of drug-likeness (QED) is 0.533. The van der Waals surface area contributed by atoms with Crippen LogP contribution in [-0.4, -0.2) is 32.5 Å². The molecule has 1 aromatic heterocycles. The van der Waals surface area contributed by atoms with Crippen LogP contribution in [0.4, 0.5) is 0 Å². The Morgan fingerprint density at radius 3 is 2.25 bits per heavy atom. The fourth-order valence-corrected chi connectivity index (χ4v) is 0.828. The predicted octanol–water partition coefficient (Wildman–Crippen LogP) is -0.689. The first-order valence-electron chi connectivity index (χ1n) is 2.33. The van der Waals surface area contributed by atoms with Crippen LogP contribution in [0.2, 0.25) is 0 Å². The molecule has 0 spiro atoms. The number of hydrogen-bond acceptors (Lipinski definition) is 2. The average Bonchev–Trinajstić information content (AvgIpc) is 1.77. The van der Waals surface area contributed by atoms with Gasteiger partial charge < -0.3 is 0 Å². The van der Waals surface area contributed by atoms with Crippen molar-refractivity contribution in [2.45, 2.75) is 6.92 Å². The molecule has 0 atom stereocenters. The number of hydrogen-bond donors (Lipinski definition) is 0. The van der Waals surface area contributed by atoms with Crippen LogP contribution < -0.4 is 3.58 Å². The molecule has 1 heterocycles. The van der Waals surface area contributed by atoms with E-state index in [0.717, 1.165) is 28.3 Å². The Labute approximate surface area is 61.4 Å². The summed E-state index contributed by atoms with van der Waals surface area (Å²) in [6.07, 6.45) is 3.73. The van der Waals surface area contributed by atoms with Gasteiger partial charge in [-0.1, -0.05) is 0 Å². The van der Waals surface area contributed by atoms with Crippen LogP contribution in [0.5, 0.6) is 0 Å². The average molecular weight is 213 g/mol. The van der Waals surface area contributed by atoms with Crippen molar-refractivity contribution in [3.8, 4) is 0 Å². The third kappa shape index (κ3) is 1.43. The van der Waals surface area contributed by atoms with Crippen molar-refractivity contribution >= 4 is 26.1 Å². The second kappa shape index (κ2) is 2.44.